The Balaban J connectivity index is 2.93. The molecule has 0 aromatic heterocycles. The van der Waals surface area contributed by atoms with Gasteiger partial charge in [-0.1, -0.05) is 42.0 Å². The molecular weight excluding hydrogens is 316 g/mol. The van der Waals surface area contributed by atoms with Crippen molar-refractivity contribution in [1.82, 2.24) is 0 Å². The molecule has 25 heavy (non-hydrogen) atoms. The molecule has 0 saturated carbocycles. The number of aliphatic hydroxyl groups excluding tert-OH is 3. The van der Waals surface area contributed by atoms with Crippen LogP contribution in [-0.2, 0) is 4.79 Å². The summed E-state index contributed by atoms with van der Waals surface area (Å²) in [5.74, 6) is 0.114. The Hall–Kier alpha value is -1.49. The lowest BCUT2D eigenvalue weighted by Gasteiger charge is -2.35. The van der Waals surface area contributed by atoms with E-state index in [0.29, 0.717) is 25.7 Å². The molecule has 4 nitrogen and oxygen atoms in total. The first kappa shape index (κ1) is 21.6. The Labute approximate surface area is 151 Å². The van der Waals surface area contributed by atoms with Crippen LogP contribution in [0.1, 0.15) is 52.9 Å². The van der Waals surface area contributed by atoms with Gasteiger partial charge < -0.3 is 15.3 Å². The molecule has 3 atom stereocenters. The van der Waals surface area contributed by atoms with E-state index in [1.165, 1.54) is 0 Å². The zero-order chi connectivity index (χ0) is 18.9. The van der Waals surface area contributed by atoms with Crippen molar-refractivity contribution in [1.29, 1.82) is 0 Å². The molecule has 0 aromatic rings. The Kier molecular flexibility index (Phi) is 9.04. The van der Waals surface area contributed by atoms with Gasteiger partial charge in [0.15, 0.2) is 5.78 Å². The number of carbonyl (C=O) groups excluding carboxylic acids is 1. The Bertz CT molecular complexity index is 516. The van der Waals surface area contributed by atoms with E-state index in [-0.39, 0.29) is 11.2 Å². The summed E-state index contributed by atoms with van der Waals surface area (Å²) in [6, 6.07) is 0. The van der Waals surface area contributed by atoms with Crippen LogP contribution in [0.3, 0.4) is 0 Å². The standard InChI is InChI=1S/C21H32O4/c1-16(22)7-4-10-19-13-20(25)15-21(14-19,11-5-8-17(2)23)12-6-9-18(3)24/h4-9,13,16-18,22-24H,10-12,14-15H2,1-3H3. The van der Waals surface area contributed by atoms with Crippen LogP contribution in [0.25, 0.3) is 0 Å². The number of allylic oxidation sites excluding steroid dienone is 5. The van der Waals surface area contributed by atoms with Crippen molar-refractivity contribution < 1.29 is 20.1 Å². The van der Waals surface area contributed by atoms with Gasteiger partial charge in [-0.2, -0.15) is 0 Å². The van der Waals surface area contributed by atoms with Gasteiger partial charge in [0.1, 0.15) is 0 Å². The van der Waals surface area contributed by atoms with Crippen LogP contribution in [0, 0.1) is 5.41 Å². The second kappa shape index (κ2) is 10.5. The maximum atomic E-state index is 12.3. The van der Waals surface area contributed by atoms with Gasteiger partial charge in [0.05, 0.1) is 18.3 Å². The second-order valence-electron chi connectivity index (χ2n) is 7.24. The SMILES string of the molecule is CC(O)C=CCC1=CC(=O)CC(CC=CC(C)O)(CC=CC(C)O)C1. The van der Waals surface area contributed by atoms with Gasteiger partial charge in [0.25, 0.3) is 0 Å². The minimum absolute atomic E-state index is 0.114. The van der Waals surface area contributed by atoms with Crippen molar-refractivity contribution in [2.45, 2.75) is 71.2 Å². The normalized spacial score (nSPS) is 25.7. The number of carbonyl (C=O) groups is 1. The van der Waals surface area contributed by atoms with E-state index in [1.54, 1.807) is 45.1 Å². The zero-order valence-electron chi connectivity index (χ0n) is 15.6. The van der Waals surface area contributed by atoms with E-state index in [1.807, 2.05) is 18.2 Å². The summed E-state index contributed by atoms with van der Waals surface area (Å²) in [6.45, 7) is 5.10. The molecule has 0 aromatic carbocycles. The van der Waals surface area contributed by atoms with E-state index in [4.69, 9.17) is 0 Å². The Morgan fingerprint density at radius 1 is 0.920 bits per heavy atom. The molecule has 0 saturated heterocycles. The highest BCUT2D eigenvalue weighted by molar-refractivity contribution is 5.92. The minimum Gasteiger partial charge on any atom is -0.389 e. The summed E-state index contributed by atoms with van der Waals surface area (Å²) >= 11 is 0. The van der Waals surface area contributed by atoms with Crippen molar-refractivity contribution in [3.05, 3.63) is 48.1 Å². The molecule has 0 heterocycles. The van der Waals surface area contributed by atoms with Crippen LogP contribution in [0.4, 0.5) is 0 Å². The lowest BCUT2D eigenvalue weighted by atomic mass is 9.68. The molecular formula is C21H32O4. The third kappa shape index (κ3) is 8.96. The molecule has 3 N–H and O–H groups in total. The number of aliphatic hydroxyl groups is 3. The summed E-state index contributed by atoms with van der Waals surface area (Å²) in [7, 11) is 0. The van der Waals surface area contributed by atoms with Gasteiger partial charge in [-0.3, -0.25) is 4.79 Å². The van der Waals surface area contributed by atoms with Gasteiger partial charge >= 0.3 is 0 Å². The molecule has 1 aliphatic carbocycles. The molecule has 4 heteroatoms. The van der Waals surface area contributed by atoms with Crippen LogP contribution in [0.15, 0.2) is 48.1 Å². The van der Waals surface area contributed by atoms with Crippen molar-refractivity contribution in [3.63, 3.8) is 0 Å². The first-order valence-corrected chi connectivity index (χ1v) is 8.99. The smallest absolute Gasteiger partial charge is 0.156 e. The van der Waals surface area contributed by atoms with Crippen LogP contribution in [0.2, 0.25) is 0 Å². The molecule has 0 aliphatic heterocycles. The summed E-state index contributed by atoms with van der Waals surface area (Å²) in [5, 5.41) is 28.2. The van der Waals surface area contributed by atoms with Gasteiger partial charge in [-0.05, 0) is 57.9 Å². The molecule has 0 fully saturated rings. The minimum atomic E-state index is -0.506. The van der Waals surface area contributed by atoms with E-state index in [0.717, 1.165) is 12.0 Å². The van der Waals surface area contributed by atoms with E-state index in [9.17, 15) is 20.1 Å². The molecule has 1 rings (SSSR count). The number of hydrogen-bond donors (Lipinski definition) is 3. The molecule has 140 valence electrons. The highest BCUT2D eigenvalue weighted by Crippen LogP contribution is 2.43. The summed E-state index contributed by atoms with van der Waals surface area (Å²) in [5.41, 5.74) is 0.834. The summed E-state index contributed by atoms with van der Waals surface area (Å²) in [6.07, 6.45) is 14.5. The Morgan fingerprint density at radius 2 is 1.40 bits per heavy atom. The average Bonchev–Trinajstić information content (AvgIpc) is 2.45. The first-order valence-electron chi connectivity index (χ1n) is 8.99. The molecule has 0 radical (unpaired) electrons. The maximum Gasteiger partial charge on any atom is 0.156 e. The first-order chi connectivity index (χ1) is 11.7. The van der Waals surface area contributed by atoms with Gasteiger partial charge in [0.2, 0.25) is 0 Å². The maximum absolute atomic E-state index is 12.3. The average molecular weight is 348 g/mol. The van der Waals surface area contributed by atoms with Gasteiger partial charge in [-0.15, -0.1) is 0 Å². The van der Waals surface area contributed by atoms with Crippen molar-refractivity contribution in [3.8, 4) is 0 Å². The quantitative estimate of drug-likeness (QED) is 0.559. The molecule has 0 amide bonds. The van der Waals surface area contributed by atoms with Crippen LogP contribution >= 0.6 is 0 Å². The van der Waals surface area contributed by atoms with Crippen molar-refractivity contribution in [2.75, 3.05) is 0 Å². The largest absolute Gasteiger partial charge is 0.389 e. The molecule has 1 aliphatic rings. The fraction of sp³-hybridized carbons (Fsp3) is 0.571. The molecule has 0 bridgehead atoms. The topological polar surface area (TPSA) is 77.8 Å². The monoisotopic (exact) mass is 348 g/mol. The third-order valence-corrected chi connectivity index (χ3v) is 4.24. The predicted octanol–water partition coefficient (Wildman–Crippen LogP) is 3.24. The van der Waals surface area contributed by atoms with Crippen molar-refractivity contribution >= 4 is 5.78 Å². The lowest BCUT2D eigenvalue weighted by Crippen LogP contribution is -2.28. The highest BCUT2D eigenvalue weighted by Gasteiger charge is 2.34. The summed E-state index contributed by atoms with van der Waals surface area (Å²) < 4.78 is 0. The van der Waals surface area contributed by atoms with Crippen molar-refractivity contribution in [2.24, 2.45) is 5.41 Å². The van der Waals surface area contributed by atoms with Crippen LogP contribution < -0.4 is 0 Å². The fourth-order valence-electron chi connectivity index (χ4n) is 3.19. The van der Waals surface area contributed by atoms with E-state index >= 15 is 0 Å². The lowest BCUT2D eigenvalue weighted by molar-refractivity contribution is -0.117. The molecule has 0 spiro atoms. The Morgan fingerprint density at radius 3 is 1.88 bits per heavy atom. The molecule has 3 unspecified atom stereocenters. The van der Waals surface area contributed by atoms with E-state index < -0.39 is 18.3 Å². The highest BCUT2D eigenvalue weighted by atomic mass is 16.3. The van der Waals surface area contributed by atoms with Gasteiger partial charge in [-0.25, -0.2) is 0 Å². The number of rotatable bonds is 9. The van der Waals surface area contributed by atoms with Gasteiger partial charge in [0, 0.05) is 6.42 Å². The predicted molar refractivity (Wildman–Crippen MR) is 101 cm³/mol. The zero-order valence-corrected chi connectivity index (χ0v) is 15.6. The van der Waals surface area contributed by atoms with Crippen LogP contribution in [0.5, 0.6) is 0 Å². The fourth-order valence-corrected chi connectivity index (χ4v) is 3.19. The third-order valence-electron chi connectivity index (χ3n) is 4.24. The number of ketones is 1. The summed E-state index contributed by atoms with van der Waals surface area (Å²) in [4.78, 5) is 12.3. The van der Waals surface area contributed by atoms with E-state index in [2.05, 4.69) is 0 Å². The van der Waals surface area contributed by atoms with Crippen LogP contribution in [-0.4, -0.2) is 39.4 Å². The number of hydrogen-bond acceptors (Lipinski definition) is 4. The second-order valence-corrected chi connectivity index (χ2v) is 7.24.